The van der Waals surface area contributed by atoms with E-state index in [-0.39, 0.29) is 0 Å². The number of para-hydroxylation sites is 1. The molecule has 19 heavy (non-hydrogen) atoms. The molecule has 0 aliphatic carbocycles. The molecule has 0 unspecified atom stereocenters. The van der Waals surface area contributed by atoms with E-state index < -0.39 is 0 Å². The first kappa shape index (κ1) is 12.3. The molecule has 0 aliphatic rings. The molecule has 0 spiro atoms. The first-order chi connectivity index (χ1) is 9.28. The second-order valence-corrected chi connectivity index (χ2v) is 5.14. The Morgan fingerprint density at radius 1 is 1.21 bits per heavy atom. The van der Waals surface area contributed by atoms with E-state index >= 15 is 0 Å². The molecule has 0 fully saturated rings. The van der Waals surface area contributed by atoms with Crippen LogP contribution in [0.15, 0.2) is 41.1 Å². The number of hydrogen-bond donors (Lipinski definition) is 0. The van der Waals surface area contributed by atoms with Crippen LogP contribution in [0.4, 0.5) is 0 Å². The zero-order chi connectivity index (χ0) is 13.2. The zero-order valence-electron chi connectivity index (χ0n) is 10.5. The van der Waals surface area contributed by atoms with Crippen LogP contribution in [0.25, 0.3) is 16.7 Å². The second-order valence-electron chi connectivity index (χ2n) is 4.33. The molecule has 3 rings (SSSR count). The van der Waals surface area contributed by atoms with Gasteiger partial charge in [0.2, 0.25) is 0 Å². The van der Waals surface area contributed by atoms with Crippen molar-refractivity contribution in [1.82, 2.24) is 19.7 Å². The number of benzene rings is 1. The minimum Gasteiger partial charge on any atom is -0.226 e. The fourth-order valence-corrected chi connectivity index (χ4v) is 2.46. The molecule has 2 aromatic heterocycles. The Morgan fingerprint density at radius 3 is 2.89 bits per heavy atom. The van der Waals surface area contributed by atoms with E-state index in [1.165, 1.54) is 0 Å². The standard InChI is InChI=1S/C14H13BrN4/c1-2-5-13-17-12(15)8-14(18-13)19-11-7-4-3-6-10(11)9-16-19/h3-4,6-9H,2,5H2,1H3. The molecule has 96 valence electrons. The Morgan fingerprint density at radius 2 is 2.05 bits per heavy atom. The third-order valence-electron chi connectivity index (χ3n) is 2.90. The Bertz CT molecular complexity index is 720. The van der Waals surface area contributed by atoms with Crippen molar-refractivity contribution in [3.63, 3.8) is 0 Å². The molecule has 0 aliphatic heterocycles. The lowest BCUT2D eigenvalue weighted by molar-refractivity contribution is 0.790. The van der Waals surface area contributed by atoms with Gasteiger partial charge in [0, 0.05) is 17.9 Å². The summed E-state index contributed by atoms with van der Waals surface area (Å²) in [7, 11) is 0. The molecular formula is C14H13BrN4. The molecule has 0 atom stereocenters. The van der Waals surface area contributed by atoms with E-state index in [0.29, 0.717) is 0 Å². The molecule has 1 aromatic carbocycles. The van der Waals surface area contributed by atoms with Gasteiger partial charge in [-0.25, -0.2) is 14.6 Å². The van der Waals surface area contributed by atoms with Crippen molar-refractivity contribution >= 4 is 26.8 Å². The number of nitrogens with zero attached hydrogens (tertiary/aromatic N) is 4. The summed E-state index contributed by atoms with van der Waals surface area (Å²) in [5.41, 5.74) is 1.05. The van der Waals surface area contributed by atoms with Crippen LogP contribution in [0.1, 0.15) is 19.2 Å². The third kappa shape index (κ3) is 2.38. The van der Waals surface area contributed by atoms with Gasteiger partial charge in [-0.3, -0.25) is 0 Å². The summed E-state index contributed by atoms with van der Waals surface area (Å²) in [4.78, 5) is 8.95. The molecule has 0 saturated heterocycles. The summed E-state index contributed by atoms with van der Waals surface area (Å²) in [5, 5.41) is 5.52. The highest BCUT2D eigenvalue weighted by molar-refractivity contribution is 9.10. The van der Waals surface area contributed by atoms with E-state index in [1.807, 2.05) is 41.2 Å². The number of halogens is 1. The van der Waals surface area contributed by atoms with Gasteiger partial charge < -0.3 is 0 Å². The highest BCUT2D eigenvalue weighted by Crippen LogP contribution is 2.19. The SMILES string of the molecule is CCCc1nc(Br)cc(-n2ncc3ccccc32)n1. The minimum absolute atomic E-state index is 0.792. The van der Waals surface area contributed by atoms with Crippen molar-refractivity contribution in [2.45, 2.75) is 19.8 Å². The minimum atomic E-state index is 0.792. The van der Waals surface area contributed by atoms with E-state index in [4.69, 9.17) is 0 Å². The maximum absolute atomic E-state index is 4.58. The number of hydrogen-bond acceptors (Lipinski definition) is 3. The zero-order valence-corrected chi connectivity index (χ0v) is 12.1. The summed E-state index contributed by atoms with van der Waals surface area (Å²) in [6.07, 6.45) is 3.74. The summed E-state index contributed by atoms with van der Waals surface area (Å²) in [5.74, 6) is 1.64. The van der Waals surface area contributed by atoms with Crippen molar-refractivity contribution in [1.29, 1.82) is 0 Å². The van der Waals surface area contributed by atoms with Crippen molar-refractivity contribution < 1.29 is 0 Å². The molecule has 0 amide bonds. The van der Waals surface area contributed by atoms with Crippen molar-refractivity contribution in [2.24, 2.45) is 0 Å². The largest absolute Gasteiger partial charge is 0.226 e. The monoisotopic (exact) mass is 316 g/mol. The molecule has 4 nitrogen and oxygen atoms in total. The average molecular weight is 317 g/mol. The molecule has 0 bridgehead atoms. The van der Waals surface area contributed by atoms with Crippen LogP contribution in [-0.4, -0.2) is 19.7 Å². The molecule has 5 heteroatoms. The Kier molecular flexibility index (Phi) is 3.29. The highest BCUT2D eigenvalue weighted by Gasteiger charge is 2.08. The number of aryl methyl sites for hydroxylation is 1. The van der Waals surface area contributed by atoms with Gasteiger partial charge >= 0.3 is 0 Å². The first-order valence-electron chi connectivity index (χ1n) is 6.24. The van der Waals surface area contributed by atoms with Crippen LogP contribution in [-0.2, 0) is 6.42 Å². The van der Waals surface area contributed by atoms with E-state index in [2.05, 4.69) is 37.9 Å². The Labute approximate surface area is 119 Å². The molecule has 0 N–H and O–H groups in total. The first-order valence-corrected chi connectivity index (χ1v) is 7.04. The average Bonchev–Trinajstić information content (AvgIpc) is 2.82. The summed E-state index contributed by atoms with van der Waals surface area (Å²) in [6, 6.07) is 9.98. The van der Waals surface area contributed by atoms with Gasteiger partial charge in [-0.1, -0.05) is 25.1 Å². The van der Waals surface area contributed by atoms with Crippen LogP contribution in [0.5, 0.6) is 0 Å². The lowest BCUT2D eigenvalue weighted by atomic mass is 10.2. The normalized spacial score (nSPS) is 11.1. The van der Waals surface area contributed by atoms with Gasteiger partial charge in [-0.15, -0.1) is 0 Å². The number of rotatable bonds is 3. The predicted molar refractivity (Wildman–Crippen MR) is 78.4 cm³/mol. The van der Waals surface area contributed by atoms with Crippen LogP contribution >= 0.6 is 15.9 Å². The molecular weight excluding hydrogens is 304 g/mol. The van der Waals surface area contributed by atoms with Gasteiger partial charge in [0.1, 0.15) is 10.4 Å². The van der Waals surface area contributed by atoms with Crippen LogP contribution in [0, 0.1) is 0 Å². The number of fused-ring (bicyclic) bond motifs is 1. The topological polar surface area (TPSA) is 43.6 Å². The lowest BCUT2D eigenvalue weighted by Gasteiger charge is -2.05. The van der Waals surface area contributed by atoms with Gasteiger partial charge in [-0.05, 0) is 28.4 Å². The maximum Gasteiger partial charge on any atom is 0.158 e. The van der Waals surface area contributed by atoms with Crippen molar-refractivity contribution in [3.8, 4) is 5.82 Å². The predicted octanol–water partition coefficient (Wildman–Crippen LogP) is 3.53. The van der Waals surface area contributed by atoms with E-state index in [0.717, 1.165) is 40.0 Å². The summed E-state index contributed by atoms with van der Waals surface area (Å²) >= 11 is 3.44. The summed E-state index contributed by atoms with van der Waals surface area (Å²) < 4.78 is 2.64. The lowest BCUT2D eigenvalue weighted by Crippen LogP contribution is -2.04. The van der Waals surface area contributed by atoms with Crippen molar-refractivity contribution in [2.75, 3.05) is 0 Å². The molecule has 0 saturated carbocycles. The highest BCUT2D eigenvalue weighted by atomic mass is 79.9. The van der Waals surface area contributed by atoms with Crippen LogP contribution in [0.3, 0.4) is 0 Å². The van der Waals surface area contributed by atoms with E-state index in [9.17, 15) is 0 Å². The maximum atomic E-state index is 4.58. The van der Waals surface area contributed by atoms with Gasteiger partial charge in [0.05, 0.1) is 11.7 Å². The van der Waals surface area contributed by atoms with Gasteiger partial charge in [-0.2, -0.15) is 5.10 Å². The van der Waals surface area contributed by atoms with Crippen LogP contribution in [0.2, 0.25) is 0 Å². The Hall–Kier alpha value is -1.75. The van der Waals surface area contributed by atoms with Gasteiger partial charge in [0.15, 0.2) is 5.82 Å². The molecule has 0 radical (unpaired) electrons. The van der Waals surface area contributed by atoms with Crippen LogP contribution < -0.4 is 0 Å². The van der Waals surface area contributed by atoms with Gasteiger partial charge in [0.25, 0.3) is 0 Å². The summed E-state index contributed by atoms with van der Waals surface area (Å²) in [6.45, 7) is 2.12. The number of aromatic nitrogens is 4. The second kappa shape index (κ2) is 5.09. The third-order valence-corrected chi connectivity index (χ3v) is 3.30. The molecule has 3 aromatic rings. The van der Waals surface area contributed by atoms with Crippen molar-refractivity contribution in [3.05, 3.63) is 47.0 Å². The van der Waals surface area contributed by atoms with E-state index in [1.54, 1.807) is 0 Å². The molecule has 2 heterocycles. The smallest absolute Gasteiger partial charge is 0.158 e. The Balaban J connectivity index is 2.15. The fraction of sp³-hybridized carbons (Fsp3) is 0.214. The quantitative estimate of drug-likeness (QED) is 0.694. The fourth-order valence-electron chi connectivity index (χ4n) is 2.05.